The number of morpholine rings is 1. The van der Waals surface area contributed by atoms with Gasteiger partial charge in [-0.05, 0) is 18.4 Å². The van der Waals surface area contributed by atoms with E-state index in [9.17, 15) is 9.59 Å². The molecule has 21 heavy (non-hydrogen) atoms. The molecule has 1 N–H and O–H groups in total. The quantitative estimate of drug-likeness (QED) is 0.910. The monoisotopic (exact) mass is 289 g/mol. The highest BCUT2D eigenvalue weighted by molar-refractivity contribution is 5.91. The minimum Gasteiger partial charge on any atom is -0.481 e. The highest BCUT2D eigenvalue weighted by atomic mass is 16.5. The second-order valence-electron chi connectivity index (χ2n) is 5.79. The largest absolute Gasteiger partial charge is 0.481 e. The number of carbonyl (C=O) groups excluding carboxylic acids is 1. The van der Waals surface area contributed by atoms with Gasteiger partial charge in [0.2, 0.25) is 5.91 Å². The molecule has 1 saturated heterocycles. The molecule has 2 fully saturated rings. The summed E-state index contributed by atoms with van der Waals surface area (Å²) in [6.45, 7) is 1.33. The number of hydrogen-bond donors (Lipinski definition) is 1. The van der Waals surface area contributed by atoms with Crippen LogP contribution in [0.25, 0.3) is 0 Å². The normalized spacial score (nSPS) is 23.6. The van der Waals surface area contributed by atoms with E-state index in [1.807, 2.05) is 30.3 Å². The van der Waals surface area contributed by atoms with Crippen LogP contribution in [0.2, 0.25) is 0 Å². The van der Waals surface area contributed by atoms with Crippen LogP contribution in [0.15, 0.2) is 30.3 Å². The molecule has 5 nitrogen and oxygen atoms in total. The van der Waals surface area contributed by atoms with E-state index in [2.05, 4.69) is 0 Å². The average molecular weight is 289 g/mol. The van der Waals surface area contributed by atoms with E-state index >= 15 is 0 Å². The summed E-state index contributed by atoms with van der Waals surface area (Å²) in [6, 6.07) is 9.85. The maximum atomic E-state index is 12.8. The third-order valence-corrected chi connectivity index (χ3v) is 4.31. The Morgan fingerprint density at radius 3 is 2.62 bits per heavy atom. The van der Waals surface area contributed by atoms with E-state index in [1.165, 1.54) is 0 Å². The molecular weight excluding hydrogens is 270 g/mol. The number of nitrogens with zero attached hydrogens (tertiary/aromatic N) is 1. The molecule has 1 saturated carbocycles. The molecule has 1 aromatic rings. The summed E-state index contributed by atoms with van der Waals surface area (Å²) in [5, 5.41) is 8.86. The van der Waals surface area contributed by atoms with E-state index in [0.29, 0.717) is 19.7 Å². The zero-order chi connectivity index (χ0) is 14.9. The molecule has 0 aromatic heterocycles. The molecule has 0 bridgehead atoms. The van der Waals surface area contributed by atoms with E-state index < -0.39 is 12.1 Å². The highest BCUT2D eigenvalue weighted by Gasteiger charge is 2.53. The number of ether oxygens (including phenoxy) is 1. The number of aliphatic carboxylic acids is 1. The van der Waals surface area contributed by atoms with Crippen LogP contribution in [0.4, 0.5) is 0 Å². The van der Waals surface area contributed by atoms with Gasteiger partial charge in [0.05, 0.1) is 24.5 Å². The summed E-state index contributed by atoms with van der Waals surface area (Å²) in [4.78, 5) is 25.4. The Labute approximate surface area is 123 Å². The summed E-state index contributed by atoms with van der Waals surface area (Å²) in [7, 11) is 0. The van der Waals surface area contributed by atoms with Crippen LogP contribution in [0, 0.1) is 0 Å². The fourth-order valence-corrected chi connectivity index (χ4v) is 3.03. The van der Waals surface area contributed by atoms with Crippen molar-refractivity contribution in [1.29, 1.82) is 0 Å². The smallest absolute Gasteiger partial charge is 0.306 e. The third kappa shape index (κ3) is 2.78. The van der Waals surface area contributed by atoms with Crippen LogP contribution in [-0.4, -0.2) is 47.7 Å². The van der Waals surface area contributed by atoms with E-state index in [1.54, 1.807) is 4.90 Å². The van der Waals surface area contributed by atoms with Crippen molar-refractivity contribution in [3.8, 4) is 0 Å². The number of hydrogen-bond acceptors (Lipinski definition) is 3. The zero-order valence-electron chi connectivity index (χ0n) is 11.8. The predicted octanol–water partition coefficient (Wildman–Crippen LogP) is 1.42. The van der Waals surface area contributed by atoms with Crippen molar-refractivity contribution in [2.75, 3.05) is 19.7 Å². The molecule has 0 radical (unpaired) electrons. The summed E-state index contributed by atoms with van der Waals surface area (Å²) in [6.07, 6.45) is 1.29. The molecule has 1 aliphatic heterocycles. The maximum Gasteiger partial charge on any atom is 0.306 e. The topological polar surface area (TPSA) is 66.8 Å². The fourth-order valence-electron chi connectivity index (χ4n) is 3.03. The molecule has 3 rings (SSSR count). The fraction of sp³-hybridized carbons (Fsp3) is 0.500. The zero-order valence-corrected chi connectivity index (χ0v) is 11.8. The van der Waals surface area contributed by atoms with Crippen molar-refractivity contribution in [2.24, 2.45) is 0 Å². The van der Waals surface area contributed by atoms with Gasteiger partial charge in [0.15, 0.2) is 0 Å². The number of amides is 1. The van der Waals surface area contributed by atoms with Gasteiger partial charge in [-0.15, -0.1) is 0 Å². The molecule has 1 aliphatic carbocycles. The van der Waals surface area contributed by atoms with E-state index in [0.717, 1.165) is 18.4 Å². The third-order valence-electron chi connectivity index (χ3n) is 4.31. The maximum absolute atomic E-state index is 12.8. The van der Waals surface area contributed by atoms with Crippen molar-refractivity contribution >= 4 is 11.9 Å². The first kappa shape index (κ1) is 14.1. The standard InChI is InChI=1S/C16H19NO4/c18-14(19)10-13-11-17(8-9-21-13)15(20)16(6-7-16)12-4-2-1-3-5-12/h1-5,13H,6-11H2,(H,18,19). The molecule has 0 spiro atoms. The Hall–Kier alpha value is -1.88. The van der Waals surface area contributed by atoms with Crippen LogP contribution < -0.4 is 0 Å². The number of carboxylic acid groups (broad SMARTS) is 1. The Bertz CT molecular complexity index is 538. The molecule has 1 atom stereocenters. The van der Waals surface area contributed by atoms with Gasteiger partial charge in [-0.2, -0.15) is 0 Å². The minimum atomic E-state index is -0.890. The summed E-state index contributed by atoms with van der Waals surface area (Å²) in [5.74, 6) is -0.772. The molecule has 2 aliphatic rings. The molecule has 1 unspecified atom stereocenters. The Kier molecular flexibility index (Phi) is 3.68. The predicted molar refractivity (Wildman–Crippen MR) is 75.9 cm³/mol. The Morgan fingerprint density at radius 2 is 2.00 bits per heavy atom. The van der Waals surface area contributed by atoms with Crippen LogP contribution >= 0.6 is 0 Å². The van der Waals surface area contributed by atoms with Gasteiger partial charge < -0.3 is 14.7 Å². The number of carboxylic acids is 1. The Morgan fingerprint density at radius 1 is 1.29 bits per heavy atom. The number of carbonyl (C=O) groups is 2. The van der Waals surface area contributed by atoms with E-state index in [-0.39, 0.29) is 17.7 Å². The number of benzene rings is 1. The van der Waals surface area contributed by atoms with Crippen molar-refractivity contribution in [3.63, 3.8) is 0 Å². The molecular formula is C16H19NO4. The van der Waals surface area contributed by atoms with Gasteiger partial charge in [-0.25, -0.2) is 0 Å². The summed E-state index contributed by atoms with van der Waals surface area (Å²) >= 11 is 0. The summed E-state index contributed by atoms with van der Waals surface area (Å²) < 4.78 is 5.43. The van der Waals surface area contributed by atoms with Gasteiger partial charge in [0, 0.05) is 13.1 Å². The van der Waals surface area contributed by atoms with Crippen LogP contribution in [0.1, 0.15) is 24.8 Å². The van der Waals surface area contributed by atoms with E-state index in [4.69, 9.17) is 9.84 Å². The first-order valence-electron chi connectivity index (χ1n) is 7.30. The lowest BCUT2D eigenvalue weighted by molar-refractivity contribution is -0.149. The second kappa shape index (κ2) is 5.48. The lowest BCUT2D eigenvalue weighted by Crippen LogP contribution is -2.49. The van der Waals surface area contributed by atoms with Crippen molar-refractivity contribution in [3.05, 3.63) is 35.9 Å². The molecule has 112 valence electrons. The molecule has 1 aromatic carbocycles. The Balaban J connectivity index is 1.72. The SMILES string of the molecule is O=C(O)CC1CN(C(=O)C2(c3ccccc3)CC2)CCO1. The van der Waals surface area contributed by atoms with Gasteiger partial charge in [-0.1, -0.05) is 30.3 Å². The second-order valence-corrected chi connectivity index (χ2v) is 5.79. The lowest BCUT2D eigenvalue weighted by atomic mass is 9.94. The van der Waals surface area contributed by atoms with Crippen LogP contribution in [0.5, 0.6) is 0 Å². The lowest BCUT2D eigenvalue weighted by Gasteiger charge is -2.35. The van der Waals surface area contributed by atoms with Crippen LogP contribution in [-0.2, 0) is 19.7 Å². The van der Waals surface area contributed by atoms with Crippen molar-refractivity contribution in [1.82, 2.24) is 4.90 Å². The van der Waals surface area contributed by atoms with Gasteiger partial charge in [-0.3, -0.25) is 9.59 Å². The minimum absolute atomic E-state index is 0.0535. The molecule has 1 heterocycles. The first-order valence-corrected chi connectivity index (χ1v) is 7.30. The molecule has 1 amide bonds. The summed E-state index contributed by atoms with van der Waals surface area (Å²) in [5.41, 5.74) is 0.683. The van der Waals surface area contributed by atoms with Crippen molar-refractivity contribution in [2.45, 2.75) is 30.8 Å². The average Bonchev–Trinajstić information content (AvgIpc) is 3.29. The van der Waals surface area contributed by atoms with Crippen molar-refractivity contribution < 1.29 is 19.4 Å². The molecule has 5 heteroatoms. The van der Waals surface area contributed by atoms with Gasteiger partial charge in [0.1, 0.15) is 0 Å². The first-order chi connectivity index (χ1) is 10.1. The van der Waals surface area contributed by atoms with Gasteiger partial charge in [0.25, 0.3) is 0 Å². The van der Waals surface area contributed by atoms with Crippen LogP contribution in [0.3, 0.4) is 0 Å². The van der Waals surface area contributed by atoms with Gasteiger partial charge >= 0.3 is 5.97 Å². The highest BCUT2D eigenvalue weighted by Crippen LogP contribution is 2.49. The number of rotatable bonds is 4.